The molecule has 19 heavy (non-hydrogen) atoms. The molecule has 0 heterocycles. The van der Waals surface area contributed by atoms with Gasteiger partial charge in [-0.25, -0.2) is 0 Å². The first-order chi connectivity index (χ1) is 8.95. The van der Waals surface area contributed by atoms with E-state index in [-0.39, 0.29) is 18.3 Å². The van der Waals surface area contributed by atoms with Crippen molar-refractivity contribution < 1.29 is 24.1 Å². The van der Waals surface area contributed by atoms with Crippen LogP contribution in [0.3, 0.4) is 0 Å². The van der Waals surface area contributed by atoms with Gasteiger partial charge in [0.1, 0.15) is 6.61 Å². The fraction of sp³-hybridized carbons (Fsp3) is 0.857. The molecule has 4 unspecified atom stereocenters. The summed E-state index contributed by atoms with van der Waals surface area (Å²) >= 11 is 0. The summed E-state index contributed by atoms with van der Waals surface area (Å²) in [6.07, 6.45) is 0.908. The summed E-state index contributed by atoms with van der Waals surface area (Å²) < 4.78 is 21.6. The lowest BCUT2D eigenvalue weighted by molar-refractivity contribution is -0.0830. The molecule has 5 heteroatoms. The van der Waals surface area contributed by atoms with Crippen LogP contribution in [0, 0.1) is 0 Å². The quantitative estimate of drug-likeness (QED) is 0.550. The van der Waals surface area contributed by atoms with E-state index in [4.69, 9.17) is 24.1 Å². The Bertz CT molecular complexity index is 220. The van der Waals surface area contributed by atoms with E-state index in [9.17, 15) is 0 Å². The second-order valence-corrected chi connectivity index (χ2v) is 4.78. The summed E-state index contributed by atoms with van der Waals surface area (Å²) in [5.41, 5.74) is 0. The van der Waals surface area contributed by atoms with Crippen molar-refractivity contribution in [2.24, 2.45) is 0 Å². The molecular weight excluding hydrogens is 248 g/mol. The van der Waals surface area contributed by atoms with Gasteiger partial charge < -0.3 is 24.1 Å². The molecule has 0 aliphatic heterocycles. The highest BCUT2D eigenvalue weighted by molar-refractivity contribution is 4.57. The third-order valence-corrected chi connectivity index (χ3v) is 2.30. The summed E-state index contributed by atoms with van der Waals surface area (Å²) in [5.74, 6) is 0. The van der Waals surface area contributed by atoms with Crippen LogP contribution in [-0.4, -0.2) is 55.9 Å². The zero-order valence-corrected chi connectivity index (χ0v) is 12.5. The van der Waals surface area contributed by atoms with Crippen molar-refractivity contribution in [3.63, 3.8) is 0 Å². The number of ether oxygens (including phenoxy) is 4. The second kappa shape index (κ2) is 11.2. The molecule has 5 nitrogen and oxygen atoms in total. The first kappa shape index (κ1) is 18.4. The summed E-state index contributed by atoms with van der Waals surface area (Å²) in [5, 5.41) is 9.09. The molecule has 0 saturated heterocycles. The predicted octanol–water partition coefficient (Wildman–Crippen LogP) is 1.74. The summed E-state index contributed by atoms with van der Waals surface area (Å²) in [4.78, 5) is 0. The van der Waals surface area contributed by atoms with Crippen LogP contribution in [0.5, 0.6) is 0 Å². The van der Waals surface area contributed by atoms with Crippen molar-refractivity contribution in [1.29, 1.82) is 0 Å². The van der Waals surface area contributed by atoms with Gasteiger partial charge in [0.05, 0.1) is 50.5 Å². The van der Waals surface area contributed by atoms with E-state index in [1.54, 1.807) is 6.92 Å². The first-order valence-corrected chi connectivity index (χ1v) is 6.71. The van der Waals surface area contributed by atoms with Gasteiger partial charge in [-0.3, -0.25) is 0 Å². The smallest absolute Gasteiger partial charge is 0.113 e. The van der Waals surface area contributed by atoms with Crippen LogP contribution in [0.2, 0.25) is 0 Å². The average molecular weight is 276 g/mol. The van der Waals surface area contributed by atoms with Gasteiger partial charge in [0.25, 0.3) is 0 Å². The van der Waals surface area contributed by atoms with Crippen molar-refractivity contribution >= 4 is 0 Å². The molecule has 0 spiro atoms. The first-order valence-electron chi connectivity index (χ1n) is 6.71. The van der Waals surface area contributed by atoms with Crippen LogP contribution in [0.4, 0.5) is 0 Å². The molecule has 1 N–H and O–H groups in total. The van der Waals surface area contributed by atoms with Crippen LogP contribution in [0.25, 0.3) is 0 Å². The SMILES string of the molecule is C=COCC(C)OCC(C)OCC(C)OCC(C)O. The number of aliphatic hydroxyl groups excluding tert-OH is 1. The molecule has 0 bridgehead atoms. The van der Waals surface area contributed by atoms with Crippen LogP contribution >= 0.6 is 0 Å². The van der Waals surface area contributed by atoms with Gasteiger partial charge in [-0.2, -0.15) is 0 Å². The van der Waals surface area contributed by atoms with Crippen LogP contribution in [-0.2, 0) is 18.9 Å². The Balaban J connectivity index is 3.57. The highest BCUT2D eigenvalue weighted by Gasteiger charge is 2.10. The van der Waals surface area contributed by atoms with Crippen molar-refractivity contribution in [2.45, 2.75) is 52.1 Å². The molecule has 0 amide bonds. The summed E-state index contributed by atoms with van der Waals surface area (Å²) in [6.45, 7) is 12.8. The maximum absolute atomic E-state index is 9.09. The normalized spacial score (nSPS) is 17.5. The second-order valence-electron chi connectivity index (χ2n) is 4.78. The van der Waals surface area contributed by atoms with Gasteiger partial charge in [0.2, 0.25) is 0 Å². The van der Waals surface area contributed by atoms with Gasteiger partial charge >= 0.3 is 0 Å². The Hall–Kier alpha value is -0.620. The van der Waals surface area contributed by atoms with Gasteiger partial charge in [0.15, 0.2) is 0 Å². The minimum atomic E-state index is -0.450. The topological polar surface area (TPSA) is 57.2 Å². The molecule has 0 aromatic rings. The molecule has 114 valence electrons. The Morgan fingerprint density at radius 2 is 1.26 bits per heavy atom. The summed E-state index contributed by atoms with van der Waals surface area (Å²) in [6, 6.07) is 0. The van der Waals surface area contributed by atoms with Gasteiger partial charge in [0, 0.05) is 0 Å². The summed E-state index contributed by atoms with van der Waals surface area (Å²) in [7, 11) is 0. The van der Waals surface area contributed by atoms with Gasteiger partial charge in [-0.15, -0.1) is 0 Å². The predicted molar refractivity (Wildman–Crippen MR) is 74.1 cm³/mol. The maximum atomic E-state index is 9.09. The molecule has 0 aromatic heterocycles. The third kappa shape index (κ3) is 12.2. The highest BCUT2D eigenvalue weighted by atomic mass is 16.6. The fourth-order valence-corrected chi connectivity index (χ4v) is 1.25. The Labute approximate surface area is 116 Å². The van der Waals surface area contributed by atoms with Gasteiger partial charge in [-0.1, -0.05) is 6.58 Å². The van der Waals surface area contributed by atoms with E-state index in [0.29, 0.717) is 26.4 Å². The standard InChI is InChI=1S/C14H28O5/c1-6-16-8-12(3)18-10-14(5)19-9-13(4)17-7-11(2)15/h6,11-15H,1,7-10H2,2-5H3. The largest absolute Gasteiger partial charge is 0.499 e. The lowest BCUT2D eigenvalue weighted by Crippen LogP contribution is -2.27. The molecule has 0 saturated carbocycles. The number of rotatable bonds is 12. The molecule has 0 aliphatic rings. The van der Waals surface area contributed by atoms with E-state index in [0.717, 1.165) is 0 Å². The lowest BCUT2D eigenvalue weighted by atomic mass is 10.3. The molecule has 0 radical (unpaired) electrons. The van der Waals surface area contributed by atoms with Crippen LogP contribution in [0.1, 0.15) is 27.7 Å². The molecule has 0 aromatic carbocycles. The lowest BCUT2D eigenvalue weighted by Gasteiger charge is -2.20. The zero-order valence-electron chi connectivity index (χ0n) is 12.5. The minimum Gasteiger partial charge on any atom is -0.499 e. The number of hydrogen-bond acceptors (Lipinski definition) is 5. The van der Waals surface area contributed by atoms with E-state index in [2.05, 4.69) is 6.58 Å². The van der Waals surface area contributed by atoms with Crippen LogP contribution < -0.4 is 0 Å². The maximum Gasteiger partial charge on any atom is 0.113 e. The molecule has 4 atom stereocenters. The molecular formula is C14H28O5. The van der Waals surface area contributed by atoms with Crippen molar-refractivity contribution in [3.05, 3.63) is 12.8 Å². The molecule has 0 fully saturated rings. The number of hydrogen-bond donors (Lipinski definition) is 1. The zero-order chi connectivity index (χ0) is 14.7. The van der Waals surface area contributed by atoms with E-state index >= 15 is 0 Å². The Kier molecular flexibility index (Phi) is 10.9. The van der Waals surface area contributed by atoms with E-state index in [1.807, 2.05) is 20.8 Å². The minimum absolute atomic E-state index is 0.00737. The third-order valence-electron chi connectivity index (χ3n) is 2.30. The van der Waals surface area contributed by atoms with E-state index in [1.165, 1.54) is 6.26 Å². The monoisotopic (exact) mass is 276 g/mol. The van der Waals surface area contributed by atoms with Crippen molar-refractivity contribution in [2.75, 3.05) is 26.4 Å². The Morgan fingerprint density at radius 3 is 1.68 bits per heavy atom. The van der Waals surface area contributed by atoms with Crippen LogP contribution in [0.15, 0.2) is 12.8 Å². The van der Waals surface area contributed by atoms with Crippen molar-refractivity contribution in [1.82, 2.24) is 0 Å². The molecule has 0 rings (SSSR count). The number of aliphatic hydroxyl groups is 1. The van der Waals surface area contributed by atoms with Gasteiger partial charge in [-0.05, 0) is 27.7 Å². The van der Waals surface area contributed by atoms with E-state index < -0.39 is 6.10 Å². The fourth-order valence-electron chi connectivity index (χ4n) is 1.25. The van der Waals surface area contributed by atoms with Crippen molar-refractivity contribution in [3.8, 4) is 0 Å². The average Bonchev–Trinajstić information content (AvgIpc) is 2.37. The Morgan fingerprint density at radius 1 is 0.842 bits per heavy atom. The highest BCUT2D eigenvalue weighted by Crippen LogP contribution is 2.01. The molecule has 0 aliphatic carbocycles.